The Bertz CT molecular complexity index is 264. The van der Waals surface area contributed by atoms with Crippen LogP contribution in [0.2, 0.25) is 0 Å². The van der Waals surface area contributed by atoms with Gasteiger partial charge in [0.1, 0.15) is 0 Å². The molecule has 0 saturated carbocycles. The van der Waals surface area contributed by atoms with Crippen LogP contribution >= 0.6 is 0 Å². The van der Waals surface area contributed by atoms with Crippen molar-refractivity contribution in [3.05, 3.63) is 29.1 Å². The molecule has 1 aromatic rings. The van der Waals surface area contributed by atoms with E-state index in [1.54, 1.807) is 0 Å². The van der Waals surface area contributed by atoms with Gasteiger partial charge in [0.05, 0.1) is 0 Å². The van der Waals surface area contributed by atoms with Crippen molar-refractivity contribution in [1.82, 2.24) is 4.98 Å². The zero-order valence-corrected chi connectivity index (χ0v) is 10.4. The molecule has 1 nitrogen and oxygen atoms in total. The minimum absolute atomic E-state index is 0.585. The van der Waals surface area contributed by atoms with Crippen molar-refractivity contribution >= 4 is 0 Å². The monoisotopic (exact) mass is 193 g/mol. The van der Waals surface area contributed by atoms with Gasteiger partial charge in [-0.2, -0.15) is 0 Å². The lowest BCUT2D eigenvalue weighted by molar-refractivity contribution is 0.846. The molecule has 0 radical (unpaired) electrons. The molecule has 0 amide bonds. The average Bonchev–Trinajstić information content (AvgIpc) is 2.20. The second-order valence-electron chi connectivity index (χ2n) is 3.54. The van der Waals surface area contributed by atoms with E-state index in [0.29, 0.717) is 5.92 Å². The predicted octanol–water partition coefficient (Wildman–Crippen LogP) is 4.10. The van der Waals surface area contributed by atoms with E-state index in [2.05, 4.69) is 38.7 Å². The lowest BCUT2D eigenvalue weighted by Gasteiger charge is -2.08. The molecule has 0 aromatic carbocycles. The molecule has 0 bridgehead atoms. The highest BCUT2D eigenvalue weighted by molar-refractivity contribution is 5.25. The molecule has 0 aliphatic heterocycles. The number of rotatable bonds is 2. The van der Waals surface area contributed by atoms with Crippen molar-refractivity contribution in [3.8, 4) is 0 Å². The molecule has 1 heteroatoms. The van der Waals surface area contributed by atoms with Gasteiger partial charge < -0.3 is 0 Å². The van der Waals surface area contributed by atoms with Crippen molar-refractivity contribution in [2.45, 2.75) is 53.9 Å². The summed E-state index contributed by atoms with van der Waals surface area (Å²) in [4.78, 5) is 4.42. The summed E-state index contributed by atoms with van der Waals surface area (Å²) in [6.45, 7) is 12.7. The third-order valence-corrected chi connectivity index (χ3v) is 2.21. The summed E-state index contributed by atoms with van der Waals surface area (Å²) in [6.07, 6.45) is 3.03. The fraction of sp³-hybridized carbons (Fsp3) is 0.615. The van der Waals surface area contributed by atoms with Crippen LogP contribution in [0.5, 0.6) is 0 Å². The minimum atomic E-state index is 0.585. The second-order valence-corrected chi connectivity index (χ2v) is 3.54. The Morgan fingerprint density at radius 1 is 1.29 bits per heavy atom. The first-order valence-corrected chi connectivity index (χ1v) is 5.60. The van der Waals surface area contributed by atoms with Gasteiger partial charge in [-0.15, -0.1) is 0 Å². The third kappa shape index (κ3) is 3.49. The Kier molecular flexibility index (Phi) is 6.18. The minimum Gasteiger partial charge on any atom is -0.261 e. The third-order valence-electron chi connectivity index (χ3n) is 2.21. The molecular formula is C13H23N. The van der Waals surface area contributed by atoms with E-state index < -0.39 is 0 Å². The summed E-state index contributed by atoms with van der Waals surface area (Å²) in [5.41, 5.74) is 3.88. The molecule has 80 valence electrons. The molecule has 14 heavy (non-hydrogen) atoms. The maximum atomic E-state index is 4.42. The number of pyridine rings is 1. The fourth-order valence-electron chi connectivity index (χ4n) is 1.31. The lowest BCUT2D eigenvalue weighted by atomic mass is 10.0. The summed E-state index contributed by atoms with van der Waals surface area (Å²) in [6, 6.07) is 2.25. The van der Waals surface area contributed by atoms with E-state index in [1.807, 2.05) is 20.0 Å². The van der Waals surface area contributed by atoms with E-state index in [1.165, 1.54) is 16.8 Å². The Hall–Kier alpha value is -0.850. The van der Waals surface area contributed by atoms with Crippen LogP contribution < -0.4 is 0 Å². The quantitative estimate of drug-likeness (QED) is 0.689. The standard InChI is InChI=1S/C11H17N.C2H6/c1-5-11-9(4)6-10(7-12-11)8(2)3;1-2/h6-8H,5H2,1-4H3;1-2H3. The summed E-state index contributed by atoms with van der Waals surface area (Å²) in [7, 11) is 0. The molecule has 0 fully saturated rings. The first kappa shape index (κ1) is 13.2. The molecule has 0 spiro atoms. The molecule has 0 saturated heterocycles. The normalized spacial score (nSPS) is 9.64. The van der Waals surface area contributed by atoms with Gasteiger partial charge in [-0.05, 0) is 30.4 Å². The molecule has 0 aliphatic rings. The first-order chi connectivity index (χ1) is 6.65. The van der Waals surface area contributed by atoms with Crippen molar-refractivity contribution in [2.75, 3.05) is 0 Å². The SMILES string of the molecule is CC.CCc1ncc(C(C)C)cc1C. The Balaban J connectivity index is 0.000000791. The summed E-state index contributed by atoms with van der Waals surface area (Å²) >= 11 is 0. The summed E-state index contributed by atoms with van der Waals surface area (Å²) in [5.74, 6) is 0.585. The van der Waals surface area contributed by atoms with Gasteiger partial charge in [-0.3, -0.25) is 4.98 Å². The largest absolute Gasteiger partial charge is 0.261 e. The highest BCUT2D eigenvalue weighted by Crippen LogP contribution is 2.16. The van der Waals surface area contributed by atoms with Crippen LogP contribution in [0.3, 0.4) is 0 Å². The van der Waals surface area contributed by atoms with Crippen LogP contribution in [0.15, 0.2) is 12.3 Å². The molecule has 0 atom stereocenters. The number of hydrogen-bond donors (Lipinski definition) is 0. The van der Waals surface area contributed by atoms with Gasteiger partial charge >= 0.3 is 0 Å². The number of aromatic nitrogens is 1. The van der Waals surface area contributed by atoms with Gasteiger partial charge in [-0.1, -0.05) is 40.7 Å². The predicted molar refractivity (Wildman–Crippen MR) is 63.8 cm³/mol. The van der Waals surface area contributed by atoms with Gasteiger partial charge in [0.15, 0.2) is 0 Å². The maximum absolute atomic E-state index is 4.42. The second kappa shape index (κ2) is 6.58. The smallest absolute Gasteiger partial charge is 0.0430 e. The van der Waals surface area contributed by atoms with Crippen LogP contribution in [0, 0.1) is 6.92 Å². The van der Waals surface area contributed by atoms with Crippen molar-refractivity contribution in [3.63, 3.8) is 0 Å². The Morgan fingerprint density at radius 2 is 1.86 bits per heavy atom. The summed E-state index contributed by atoms with van der Waals surface area (Å²) in [5, 5.41) is 0. The zero-order chi connectivity index (χ0) is 11.1. The van der Waals surface area contributed by atoms with Gasteiger partial charge in [0, 0.05) is 11.9 Å². The number of hydrogen-bond acceptors (Lipinski definition) is 1. The molecule has 0 unspecified atom stereocenters. The zero-order valence-electron chi connectivity index (χ0n) is 10.4. The van der Waals surface area contributed by atoms with Crippen LogP contribution in [0.1, 0.15) is 57.4 Å². The van der Waals surface area contributed by atoms with E-state index in [0.717, 1.165) is 6.42 Å². The van der Waals surface area contributed by atoms with Gasteiger partial charge in [-0.25, -0.2) is 0 Å². The maximum Gasteiger partial charge on any atom is 0.0430 e. The van der Waals surface area contributed by atoms with Crippen LogP contribution in [0.4, 0.5) is 0 Å². The number of aryl methyl sites for hydroxylation is 2. The van der Waals surface area contributed by atoms with E-state index in [4.69, 9.17) is 0 Å². The summed E-state index contributed by atoms with van der Waals surface area (Å²) < 4.78 is 0. The van der Waals surface area contributed by atoms with Crippen LogP contribution in [-0.2, 0) is 6.42 Å². The van der Waals surface area contributed by atoms with Crippen molar-refractivity contribution < 1.29 is 0 Å². The van der Waals surface area contributed by atoms with Gasteiger partial charge in [0.25, 0.3) is 0 Å². The van der Waals surface area contributed by atoms with Crippen molar-refractivity contribution in [1.29, 1.82) is 0 Å². The molecule has 1 rings (SSSR count). The van der Waals surface area contributed by atoms with Crippen molar-refractivity contribution in [2.24, 2.45) is 0 Å². The van der Waals surface area contributed by atoms with E-state index >= 15 is 0 Å². The molecule has 0 N–H and O–H groups in total. The molecule has 0 aliphatic carbocycles. The average molecular weight is 193 g/mol. The van der Waals surface area contributed by atoms with E-state index in [-0.39, 0.29) is 0 Å². The molecule has 1 aromatic heterocycles. The molecule has 1 heterocycles. The Labute approximate surface area is 88.6 Å². The first-order valence-electron chi connectivity index (χ1n) is 5.60. The van der Waals surface area contributed by atoms with Crippen LogP contribution in [0.25, 0.3) is 0 Å². The van der Waals surface area contributed by atoms with Crippen LogP contribution in [-0.4, -0.2) is 4.98 Å². The van der Waals surface area contributed by atoms with Gasteiger partial charge in [0.2, 0.25) is 0 Å². The topological polar surface area (TPSA) is 12.9 Å². The molecular weight excluding hydrogens is 170 g/mol. The highest BCUT2D eigenvalue weighted by Gasteiger charge is 2.02. The van der Waals surface area contributed by atoms with E-state index in [9.17, 15) is 0 Å². The number of nitrogens with zero attached hydrogens (tertiary/aromatic N) is 1. The lowest BCUT2D eigenvalue weighted by Crippen LogP contribution is -1.96. The Morgan fingerprint density at radius 3 is 2.21 bits per heavy atom. The highest BCUT2D eigenvalue weighted by atomic mass is 14.7. The fourth-order valence-corrected chi connectivity index (χ4v) is 1.31.